The Morgan fingerprint density at radius 1 is 1.44 bits per heavy atom. The summed E-state index contributed by atoms with van der Waals surface area (Å²) in [7, 11) is 0. The average Bonchev–Trinajstić information content (AvgIpc) is 2.17. The highest BCUT2D eigenvalue weighted by Crippen LogP contribution is 2.30. The minimum Gasteiger partial charge on any atom is -0.326 e. The fraction of sp³-hybridized carbons (Fsp3) is 0.300. The molecule has 1 aliphatic heterocycles. The maximum absolute atomic E-state index is 12.6. The highest BCUT2D eigenvalue weighted by molar-refractivity contribution is 9.10. The first kappa shape index (κ1) is 11.8. The fourth-order valence-corrected chi connectivity index (χ4v) is 2.05. The second-order valence-electron chi connectivity index (χ2n) is 3.64. The Morgan fingerprint density at radius 2 is 2.06 bits per heavy atom. The highest BCUT2D eigenvalue weighted by atomic mass is 79.9. The summed E-state index contributed by atoms with van der Waals surface area (Å²) < 4.78 is 25.9. The van der Waals surface area contributed by atoms with Gasteiger partial charge in [-0.2, -0.15) is 0 Å². The van der Waals surface area contributed by atoms with Crippen LogP contribution in [0.1, 0.15) is 10.4 Å². The van der Waals surface area contributed by atoms with Gasteiger partial charge in [0, 0.05) is 4.47 Å². The zero-order chi connectivity index (χ0) is 11.9. The zero-order valence-electron chi connectivity index (χ0n) is 8.01. The van der Waals surface area contributed by atoms with E-state index in [2.05, 4.69) is 15.9 Å². The van der Waals surface area contributed by atoms with Gasteiger partial charge in [-0.15, -0.1) is 0 Å². The van der Waals surface area contributed by atoms with Gasteiger partial charge in [0.1, 0.15) is 0 Å². The molecule has 6 heteroatoms. The number of likely N-dealkylation sites (tertiary alicyclic amines) is 1. The maximum Gasteiger partial charge on any atom is 0.282 e. The molecule has 0 saturated carbocycles. The van der Waals surface area contributed by atoms with Gasteiger partial charge in [0.25, 0.3) is 11.8 Å². The van der Waals surface area contributed by atoms with E-state index in [0.717, 1.165) is 4.90 Å². The lowest BCUT2D eigenvalue weighted by molar-refractivity contribution is -0.113. The molecule has 0 radical (unpaired) electrons. The number of alkyl halides is 2. The van der Waals surface area contributed by atoms with Crippen molar-refractivity contribution < 1.29 is 13.6 Å². The predicted molar refractivity (Wildman–Crippen MR) is 60.0 cm³/mol. The van der Waals surface area contributed by atoms with Crippen LogP contribution in [0.25, 0.3) is 0 Å². The topological polar surface area (TPSA) is 20.3 Å². The molecule has 1 aliphatic rings. The number of amides is 1. The summed E-state index contributed by atoms with van der Waals surface area (Å²) in [5.41, 5.74) is 0.242. The van der Waals surface area contributed by atoms with Crippen molar-refractivity contribution in [2.45, 2.75) is 5.92 Å². The summed E-state index contributed by atoms with van der Waals surface area (Å²) in [6, 6.07) is 4.77. The van der Waals surface area contributed by atoms with Gasteiger partial charge in [0.2, 0.25) is 0 Å². The Bertz CT molecular complexity index is 444. The molecule has 0 aliphatic carbocycles. The van der Waals surface area contributed by atoms with Crippen molar-refractivity contribution >= 4 is 33.4 Å². The molecule has 1 aromatic carbocycles. The predicted octanol–water partition coefficient (Wildman–Crippen LogP) is 3.19. The molecular weight excluding hydrogens is 303 g/mol. The number of hydrogen-bond acceptors (Lipinski definition) is 1. The van der Waals surface area contributed by atoms with Gasteiger partial charge in [-0.05, 0) is 18.2 Å². The molecule has 1 saturated heterocycles. The SMILES string of the molecule is O=C(c1cc(Br)ccc1Cl)N1CC(F)(F)C1. The van der Waals surface area contributed by atoms with Gasteiger partial charge < -0.3 is 4.90 Å². The molecule has 0 aromatic heterocycles. The van der Waals surface area contributed by atoms with Crippen molar-refractivity contribution in [3.8, 4) is 0 Å². The minimum absolute atomic E-state index is 0.242. The lowest BCUT2D eigenvalue weighted by Crippen LogP contribution is -2.58. The summed E-state index contributed by atoms with van der Waals surface area (Å²) in [5, 5.41) is 0.267. The summed E-state index contributed by atoms with van der Waals surface area (Å²) in [6.07, 6.45) is 0. The molecule has 1 amide bonds. The van der Waals surface area contributed by atoms with Crippen LogP contribution in [0, 0.1) is 0 Å². The quantitative estimate of drug-likeness (QED) is 0.780. The molecule has 16 heavy (non-hydrogen) atoms. The van der Waals surface area contributed by atoms with Gasteiger partial charge in [0.05, 0.1) is 23.7 Å². The van der Waals surface area contributed by atoms with E-state index in [4.69, 9.17) is 11.6 Å². The van der Waals surface area contributed by atoms with Crippen molar-refractivity contribution in [1.82, 2.24) is 4.90 Å². The first-order chi connectivity index (χ1) is 7.39. The average molecular weight is 311 g/mol. The van der Waals surface area contributed by atoms with Crippen LogP contribution in [0.2, 0.25) is 5.02 Å². The number of carbonyl (C=O) groups excluding carboxylic acids is 1. The number of halogens is 4. The van der Waals surface area contributed by atoms with Crippen molar-refractivity contribution in [3.63, 3.8) is 0 Å². The third-order valence-electron chi connectivity index (χ3n) is 2.29. The normalized spacial score (nSPS) is 18.1. The Hall–Kier alpha value is -0.680. The first-order valence-corrected chi connectivity index (χ1v) is 5.68. The first-order valence-electron chi connectivity index (χ1n) is 4.51. The number of nitrogens with zero attached hydrogens (tertiary/aromatic N) is 1. The Kier molecular flexibility index (Phi) is 2.92. The minimum atomic E-state index is -2.76. The van der Waals surface area contributed by atoms with Gasteiger partial charge in [0.15, 0.2) is 0 Å². The van der Waals surface area contributed by atoms with Crippen LogP contribution < -0.4 is 0 Å². The molecule has 1 heterocycles. The van der Waals surface area contributed by atoms with Crippen molar-refractivity contribution in [2.24, 2.45) is 0 Å². The van der Waals surface area contributed by atoms with E-state index in [9.17, 15) is 13.6 Å². The summed E-state index contributed by atoms with van der Waals surface area (Å²) >= 11 is 9.03. The smallest absolute Gasteiger partial charge is 0.282 e. The monoisotopic (exact) mass is 309 g/mol. The highest BCUT2D eigenvalue weighted by Gasteiger charge is 2.46. The van der Waals surface area contributed by atoms with Crippen LogP contribution in [-0.2, 0) is 0 Å². The molecule has 1 fully saturated rings. The van der Waals surface area contributed by atoms with E-state index in [1.807, 2.05) is 0 Å². The number of hydrogen-bond donors (Lipinski definition) is 0. The zero-order valence-corrected chi connectivity index (χ0v) is 10.4. The molecule has 0 spiro atoms. The summed E-state index contributed by atoms with van der Waals surface area (Å²) in [4.78, 5) is 12.9. The van der Waals surface area contributed by atoms with E-state index in [1.165, 1.54) is 6.07 Å². The molecule has 2 rings (SSSR count). The van der Waals surface area contributed by atoms with E-state index in [1.54, 1.807) is 12.1 Å². The molecule has 0 unspecified atom stereocenters. The van der Waals surface area contributed by atoms with E-state index in [-0.39, 0.29) is 10.6 Å². The van der Waals surface area contributed by atoms with Crippen LogP contribution in [0.5, 0.6) is 0 Å². The molecule has 0 bridgehead atoms. The third-order valence-corrected chi connectivity index (χ3v) is 3.11. The number of benzene rings is 1. The van der Waals surface area contributed by atoms with Crippen LogP contribution in [0.4, 0.5) is 8.78 Å². The van der Waals surface area contributed by atoms with Crippen LogP contribution >= 0.6 is 27.5 Å². The standard InChI is InChI=1S/C10H7BrClF2NO/c11-6-1-2-8(12)7(3-6)9(16)15-4-10(13,14)5-15/h1-3H,4-5H2. The Morgan fingerprint density at radius 3 is 2.62 bits per heavy atom. The number of carbonyl (C=O) groups is 1. The second kappa shape index (κ2) is 3.96. The molecule has 1 aromatic rings. The third kappa shape index (κ3) is 2.20. The van der Waals surface area contributed by atoms with E-state index < -0.39 is 24.9 Å². The Labute approximate surface area is 104 Å². The lowest BCUT2D eigenvalue weighted by atomic mass is 10.1. The fourth-order valence-electron chi connectivity index (χ4n) is 1.49. The maximum atomic E-state index is 12.6. The molecule has 0 N–H and O–H groups in total. The summed E-state index contributed by atoms with van der Waals surface area (Å²) in [5.74, 6) is -3.22. The van der Waals surface area contributed by atoms with Gasteiger partial charge >= 0.3 is 0 Å². The van der Waals surface area contributed by atoms with Gasteiger partial charge in [-0.3, -0.25) is 4.79 Å². The summed E-state index contributed by atoms with van der Waals surface area (Å²) in [6.45, 7) is -1.07. The van der Waals surface area contributed by atoms with Crippen molar-refractivity contribution in [2.75, 3.05) is 13.1 Å². The van der Waals surface area contributed by atoms with E-state index in [0.29, 0.717) is 4.47 Å². The lowest BCUT2D eigenvalue weighted by Gasteiger charge is -2.38. The molecular formula is C10H7BrClF2NO. The molecule has 0 atom stereocenters. The van der Waals surface area contributed by atoms with E-state index >= 15 is 0 Å². The van der Waals surface area contributed by atoms with Gasteiger partial charge in [-0.1, -0.05) is 27.5 Å². The van der Waals surface area contributed by atoms with Crippen molar-refractivity contribution in [3.05, 3.63) is 33.3 Å². The van der Waals surface area contributed by atoms with Crippen LogP contribution in [-0.4, -0.2) is 29.8 Å². The van der Waals surface area contributed by atoms with Crippen LogP contribution in [0.3, 0.4) is 0 Å². The second-order valence-corrected chi connectivity index (χ2v) is 4.96. The largest absolute Gasteiger partial charge is 0.326 e. The molecule has 2 nitrogen and oxygen atoms in total. The van der Waals surface area contributed by atoms with Crippen LogP contribution in [0.15, 0.2) is 22.7 Å². The molecule has 86 valence electrons. The Balaban J connectivity index is 2.19. The van der Waals surface area contributed by atoms with Gasteiger partial charge in [-0.25, -0.2) is 8.78 Å². The number of rotatable bonds is 1. The van der Waals surface area contributed by atoms with Crippen molar-refractivity contribution in [1.29, 1.82) is 0 Å².